The average Bonchev–Trinajstić information content (AvgIpc) is 3.17. The van der Waals surface area contributed by atoms with E-state index < -0.39 is 0 Å². The van der Waals surface area contributed by atoms with Crippen molar-refractivity contribution in [3.63, 3.8) is 0 Å². The zero-order valence-electron chi connectivity index (χ0n) is 17.8. The van der Waals surface area contributed by atoms with Crippen LogP contribution in [0.5, 0.6) is 0 Å². The Balaban J connectivity index is 1.31. The fraction of sp³-hybridized carbons (Fsp3) is 0.259. The number of rotatable bonds is 8. The molecule has 1 aliphatic carbocycles. The van der Waals surface area contributed by atoms with Crippen LogP contribution in [-0.4, -0.2) is 25.0 Å². The van der Waals surface area contributed by atoms with Crippen molar-refractivity contribution < 1.29 is 14.3 Å². The summed E-state index contributed by atoms with van der Waals surface area (Å²) in [6, 6.07) is 22.5. The Hall–Kier alpha value is -3.40. The summed E-state index contributed by atoms with van der Waals surface area (Å²) in [5, 5.41) is 3.07. The Morgan fingerprint density at radius 2 is 1.58 bits per heavy atom. The van der Waals surface area contributed by atoms with E-state index in [0.29, 0.717) is 26.0 Å². The third-order valence-electron chi connectivity index (χ3n) is 5.74. The third-order valence-corrected chi connectivity index (χ3v) is 5.74. The highest BCUT2D eigenvalue weighted by molar-refractivity contribution is 5.99. The van der Waals surface area contributed by atoms with Crippen molar-refractivity contribution in [1.82, 2.24) is 5.32 Å². The summed E-state index contributed by atoms with van der Waals surface area (Å²) in [6.07, 6.45) is 2.65. The highest BCUT2D eigenvalue weighted by atomic mass is 16.5. The quantitative estimate of drug-likeness (QED) is 0.425. The Kier molecular flexibility index (Phi) is 6.46. The van der Waals surface area contributed by atoms with Gasteiger partial charge >= 0.3 is 5.97 Å². The number of aryl methyl sites for hydroxylation is 1. The maximum Gasteiger partial charge on any atom is 0.306 e. The molecule has 3 aromatic rings. The first-order chi connectivity index (χ1) is 15.2. The topological polar surface area (TPSA) is 55.4 Å². The zero-order valence-corrected chi connectivity index (χ0v) is 17.8. The van der Waals surface area contributed by atoms with Crippen molar-refractivity contribution in [1.29, 1.82) is 0 Å². The van der Waals surface area contributed by atoms with Crippen LogP contribution in [0.25, 0.3) is 11.1 Å². The smallest absolute Gasteiger partial charge is 0.306 e. The first-order valence-electron chi connectivity index (χ1n) is 10.9. The first-order valence-corrected chi connectivity index (χ1v) is 10.9. The molecule has 0 atom stereocenters. The van der Waals surface area contributed by atoms with Gasteiger partial charge in [-0.15, -0.1) is 0 Å². The number of ether oxygens (including phenoxy) is 1. The van der Waals surface area contributed by atoms with Crippen LogP contribution in [0.2, 0.25) is 0 Å². The number of esters is 1. The summed E-state index contributed by atoms with van der Waals surface area (Å²) in [5.74, 6) is -0.180. The number of hydrogen-bond acceptors (Lipinski definition) is 3. The predicted molar refractivity (Wildman–Crippen MR) is 122 cm³/mol. The molecule has 1 N–H and O–H groups in total. The van der Waals surface area contributed by atoms with Crippen LogP contribution in [0, 0.1) is 0 Å². The van der Waals surface area contributed by atoms with Gasteiger partial charge in [0.05, 0.1) is 6.61 Å². The maximum absolute atomic E-state index is 12.8. The largest absolute Gasteiger partial charge is 0.466 e. The van der Waals surface area contributed by atoms with Crippen molar-refractivity contribution in [3.8, 4) is 11.1 Å². The van der Waals surface area contributed by atoms with Gasteiger partial charge in [-0.25, -0.2) is 0 Å². The van der Waals surface area contributed by atoms with Crippen molar-refractivity contribution >= 4 is 11.9 Å². The Bertz CT molecular complexity index is 1090. The van der Waals surface area contributed by atoms with E-state index >= 15 is 0 Å². The summed E-state index contributed by atoms with van der Waals surface area (Å²) in [7, 11) is 0. The molecule has 0 saturated carbocycles. The van der Waals surface area contributed by atoms with Crippen LogP contribution in [0.3, 0.4) is 0 Å². The third kappa shape index (κ3) is 4.85. The van der Waals surface area contributed by atoms with Gasteiger partial charge in [0.15, 0.2) is 0 Å². The fourth-order valence-electron chi connectivity index (χ4n) is 4.14. The van der Waals surface area contributed by atoms with Gasteiger partial charge in [-0.2, -0.15) is 0 Å². The SMILES string of the molecule is CCOC(=O)CCc1ccc(CCNC(=O)c2cccc3c2Cc2ccccc2-3)cc1. The fourth-order valence-corrected chi connectivity index (χ4v) is 4.14. The molecule has 0 aromatic heterocycles. The summed E-state index contributed by atoms with van der Waals surface area (Å²) in [5.41, 5.74) is 7.83. The second kappa shape index (κ2) is 9.61. The number of benzene rings is 3. The van der Waals surface area contributed by atoms with E-state index in [1.165, 1.54) is 16.7 Å². The van der Waals surface area contributed by atoms with Gasteiger partial charge in [0.1, 0.15) is 0 Å². The van der Waals surface area contributed by atoms with Gasteiger partial charge in [0, 0.05) is 18.5 Å². The van der Waals surface area contributed by atoms with Gasteiger partial charge in [-0.05, 0) is 65.6 Å². The van der Waals surface area contributed by atoms with Crippen molar-refractivity contribution in [2.75, 3.05) is 13.2 Å². The molecule has 0 spiro atoms. The van der Waals surface area contributed by atoms with Crippen LogP contribution in [0.15, 0.2) is 66.7 Å². The molecule has 4 nitrogen and oxygen atoms in total. The molecular weight excluding hydrogens is 386 g/mol. The van der Waals surface area contributed by atoms with E-state index in [4.69, 9.17) is 4.74 Å². The molecule has 0 saturated heterocycles. The zero-order chi connectivity index (χ0) is 21.6. The van der Waals surface area contributed by atoms with E-state index in [-0.39, 0.29) is 11.9 Å². The van der Waals surface area contributed by atoms with Crippen LogP contribution in [0.1, 0.15) is 46.0 Å². The molecule has 0 heterocycles. The molecule has 3 aromatic carbocycles. The minimum absolute atomic E-state index is 0.0179. The number of nitrogens with one attached hydrogen (secondary N) is 1. The monoisotopic (exact) mass is 413 g/mol. The molecule has 4 heteroatoms. The van der Waals surface area contributed by atoms with Crippen molar-refractivity contribution in [3.05, 3.63) is 94.5 Å². The second-order valence-electron chi connectivity index (χ2n) is 7.79. The summed E-state index contributed by atoms with van der Waals surface area (Å²) >= 11 is 0. The van der Waals surface area contributed by atoms with Crippen molar-refractivity contribution in [2.24, 2.45) is 0 Å². The van der Waals surface area contributed by atoms with Gasteiger partial charge in [0.25, 0.3) is 5.91 Å². The molecule has 0 unspecified atom stereocenters. The van der Waals surface area contributed by atoms with E-state index in [0.717, 1.165) is 35.1 Å². The maximum atomic E-state index is 12.8. The van der Waals surface area contributed by atoms with Crippen LogP contribution >= 0.6 is 0 Å². The first kappa shape index (κ1) is 20.9. The lowest BCUT2D eigenvalue weighted by Crippen LogP contribution is -2.26. The number of carbonyl (C=O) groups is 2. The lowest BCUT2D eigenvalue weighted by Gasteiger charge is -2.10. The van der Waals surface area contributed by atoms with Crippen LogP contribution in [0.4, 0.5) is 0 Å². The summed E-state index contributed by atoms with van der Waals surface area (Å²) in [6.45, 7) is 2.81. The number of carbonyl (C=O) groups excluding carboxylic acids is 2. The molecule has 4 rings (SSSR count). The lowest BCUT2D eigenvalue weighted by molar-refractivity contribution is -0.143. The standard InChI is InChI=1S/C27H27NO3/c1-2-31-26(29)15-14-19-10-12-20(13-11-19)16-17-28-27(30)24-9-5-8-23-22-7-4-3-6-21(22)18-25(23)24/h3-13H,2,14-18H2,1H3,(H,28,30). The lowest BCUT2D eigenvalue weighted by atomic mass is 10.0. The molecule has 31 heavy (non-hydrogen) atoms. The average molecular weight is 414 g/mol. The number of amides is 1. The minimum Gasteiger partial charge on any atom is -0.466 e. The Morgan fingerprint density at radius 1 is 0.871 bits per heavy atom. The summed E-state index contributed by atoms with van der Waals surface area (Å²) < 4.78 is 4.97. The van der Waals surface area contributed by atoms with Crippen molar-refractivity contribution in [2.45, 2.75) is 32.6 Å². The van der Waals surface area contributed by atoms with E-state index in [1.54, 1.807) is 0 Å². The van der Waals surface area contributed by atoms with E-state index in [2.05, 4.69) is 35.6 Å². The number of hydrogen-bond donors (Lipinski definition) is 1. The molecule has 1 aliphatic rings. The molecule has 0 fully saturated rings. The highest BCUT2D eigenvalue weighted by Gasteiger charge is 2.22. The van der Waals surface area contributed by atoms with Gasteiger partial charge in [0.2, 0.25) is 0 Å². The molecular formula is C27H27NO3. The van der Waals surface area contributed by atoms with Gasteiger partial charge in [-0.1, -0.05) is 60.7 Å². The molecule has 1 amide bonds. The van der Waals surface area contributed by atoms with E-state index in [1.807, 2.05) is 43.3 Å². The highest BCUT2D eigenvalue weighted by Crippen LogP contribution is 2.37. The van der Waals surface area contributed by atoms with Crippen LogP contribution < -0.4 is 5.32 Å². The normalized spacial score (nSPS) is 11.5. The number of fused-ring (bicyclic) bond motifs is 3. The molecule has 0 aliphatic heterocycles. The Morgan fingerprint density at radius 3 is 2.35 bits per heavy atom. The summed E-state index contributed by atoms with van der Waals surface area (Å²) in [4.78, 5) is 24.3. The molecule has 0 radical (unpaired) electrons. The molecule has 158 valence electrons. The molecule has 0 bridgehead atoms. The van der Waals surface area contributed by atoms with E-state index in [9.17, 15) is 9.59 Å². The van der Waals surface area contributed by atoms with Gasteiger partial charge < -0.3 is 10.1 Å². The van der Waals surface area contributed by atoms with Gasteiger partial charge in [-0.3, -0.25) is 9.59 Å². The minimum atomic E-state index is -0.162. The van der Waals surface area contributed by atoms with Crippen LogP contribution in [-0.2, 0) is 28.8 Å². The second-order valence-corrected chi connectivity index (χ2v) is 7.79. The Labute approximate surface area is 183 Å². The predicted octanol–water partition coefficient (Wildman–Crippen LogP) is 4.73.